The van der Waals surface area contributed by atoms with E-state index in [1.54, 1.807) is 18.2 Å². The van der Waals surface area contributed by atoms with Crippen LogP contribution in [0.25, 0.3) is 6.08 Å². The number of halogens is 2. The Labute approximate surface area is 119 Å². The smallest absolute Gasteiger partial charge is 0.185 e. The Bertz CT molecular complexity index is 602. The molecule has 0 N–H and O–H groups in total. The molecule has 2 aromatic rings. The van der Waals surface area contributed by atoms with Gasteiger partial charge in [0.15, 0.2) is 10.3 Å². The topological polar surface area (TPSA) is 30.0 Å². The fourth-order valence-electron chi connectivity index (χ4n) is 1.36. The SMILES string of the molecule is Cc1ccc(C(=O)C=Cc2sc(Cl)nc2Cl)cc1. The van der Waals surface area contributed by atoms with Gasteiger partial charge in [-0.25, -0.2) is 4.98 Å². The second kappa shape index (κ2) is 5.65. The summed E-state index contributed by atoms with van der Waals surface area (Å²) in [6.07, 6.45) is 3.11. The zero-order chi connectivity index (χ0) is 13.1. The lowest BCUT2D eigenvalue weighted by Gasteiger charge is -1.96. The number of hydrogen-bond acceptors (Lipinski definition) is 3. The van der Waals surface area contributed by atoms with E-state index >= 15 is 0 Å². The van der Waals surface area contributed by atoms with Crippen LogP contribution in [0.15, 0.2) is 30.3 Å². The van der Waals surface area contributed by atoms with Gasteiger partial charge in [0.05, 0.1) is 4.88 Å². The van der Waals surface area contributed by atoms with Gasteiger partial charge >= 0.3 is 0 Å². The van der Waals surface area contributed by atoms with E-state index in [4.69, 9.17) is 23.2 Å². The number of hydrogen-bond donors (Lipinski definition) is 0. The molecule has 1 aromatic heterocycles. The highest BCUT2D eigenvalue weighted by Gasteiger charge is 2.06. The van der Waals surface area contributed by atoms with Crippen LogP contribution in [0.4, 0.5) is 0 Å². The quantitative estimate of drug-likeness (QED) is 0.609. The zero-order valence-corrected chi connectivity index (χ0v) is 11.8. The van der Waals surface area contributed by atoms with Crippen molar-refractivity contribution in [3.05, 3.63) is 56.0 Å². The molecule has 0 aliphatic carbocycles. The lowest BCUT2D eigenvalue weighted by atomic mass is 10.1. The highest BCUT2D eigenvalue weighted by atomic mass is 35.5. The number of allylic oxidation sites excluding steroid dienone is 1. The molecule has 92 valence electrons. The van der Waals surface area contributed by atoms with Crippen LogP contribution in [0.1, 0.15) is 20.8 Å². The van der Waals surface area contributed by atoms with Crippen molar-refractivity contribution in [1.29, 1.82) is 0 Å². The van der Waals surface area contributed by atoms with Crippen LogP contribution in [0.2, 0.25) is 9.62 Å². The molecule has 2 rings (SSSR count). The fourth-order valence-corrected chi connectivity index (χ4v) is 2.63. The summed E-state index contributed by atoms with van der Waals surface area (Å²) in [7, 11) is 0. The number of thiazole rings is 1. The minimum atomic E-state index is -0.0735. The molecule has 18 heavy (non-hydrogen) atoms. The van der Waals surface area contributed by atoms with Crippen molar-refractivity contribution in [1.82, 2.24) is 4.98 Å². The second-order valence-electron chi connectivity index (χ2n) is 3.69. The molecule has 2 nitrogen and oxygen atoms in total. The minimum Gasteiger partial charge on any atom is -0.289 e. The van der Waals surface area contributed by atoms with Gasteiger partial charge in [-0.3, -0.25) is 4.79 Å². The molecule has 1 heterocycles. The van der Waals surface area contributed by atoms with Crippen molar-refractivity contribution >= 4 is 46.4 Å². The summed E-state index contributed by atoms with van der Waals surface area (Å²) in [5, 5.41) is 0.318. The monoisotopic (exact) mass is 297 g/mol. The molecule has 0 amide bonds. The minimum absolute atomic E-state index is 0.0735. The maximum Gasteiger partial charge on any atom is 0.185 e. The van der Waals surface area contributed by atoms with Crippen LogP contribution < -0.4 is 0 Å². The number of carbonyl (C=O) groups is 1. The van der Waals surface area contributed by atoms with Crippen molar-refractivity contribution in [3.63, 3.8) is 0 Å². The lowest BCUT2D eigenvalue weighted by molar-refractivity contribution is 0.104. The van der Waals surface area contributed by atoms with Crippen molar-refractivity contribution in [2.75, 3.05) is 0 Å². The van der Waals surface area contributed by atoms with E-state index in [0.29, 0.717) is 20.1 Å². The van der Waals surface area contributed by atoms with Crippen LogP contribution in [0, 0.1) is 6.92 Å². The van der Waals surface area contributed by atoms with Gasteiger partial charge in [0.1, 0.15) is 5.15 Å². The third kappa shape index (κ3) is 3.19. The zero-order valence-electron chi connectivity index (χ0n) is 9.48. The lowest BCUT2D eigenvalue weighted by Crippen LogP contribution is -1.93. The molecule has 0 saturated heterocycles. The summed E-state index contributed by atoms with van der Waals surface area (Å²) < 4.78 is 0.363. The van der Waals surface area contributed by atoms with Crippen molar-refractivity contribution in [2.24, 2.45) is 0 Å². The summed E-state index contributed by atoms with van der Waals surface area (Å²) in [6, 6.07) is 7.39. The molecule has 0 fully saturated rings. The number of ketones is 1. The van der Waals surface area contributed by atoms with Crippen LogP contribution in [0.5, 0.6) is 0 Å². The maximum atomic E-state index is 11.9. The molecule has 0 unspecified atom stereocenters. The molecule has 0 aliphatic heterocycles. The highest BCUT2D eigenvalue weighted by molar-refractivity contribution is 7.17. The normalized spacial score (nSPS) is 11.1. The average Bonchev–Trinajstić information content (AvgIpc) is 2.66. The molecule has 5 heteroatoms. The Balaban J connectivity index is 2.16. The van der Waals surface area contributed by atoms with E-state index in [0.717, 1.165) is 5.56 Å². The van der Waals surface area contributed by atoms with Gasteiger partial charge in [0, 0.05) is 5.56 Å². The molecule has 0 atom stereocenters. The first-order chi connectivity index (χ1) is 8.56. The number of nitrogens with zero attached hydrogens (tertiary/aromatic N) is 1. The van der Waals surface area contributed by atoms with E-state index in [-0.39, 0.29) is 5.78 Å². The van der Waals surface area contributed by atoms with Gasteiger partial charge in [0.2, 0.25) is 0 Å². The third-order valence-electron chi connectivity index (χ3n) is 2.31. The standard InChI is InChI=1S/C13H9Cl2NOS/c1-8-2-4-9(5-3-8)10(17)6-7-11-12(14)16-13(15)18-11/h2-7H,1H3. The van der Waals surface area contributed by atoms with Crippen LogP contribution in [-0.4, -0.2) is 10.8 Å². The van der Waals surface area contributed by atoms with Crippen LogP contribution >= 0.6 is 34.5 Å². The maximum absolute atomic E-state index is 11.9. The Hall–Kier alpha value is -1.16. The third-order valence-corrected chi connectivity index (χ3v) is 3.83. The molecule has 0 bridgehead atoms. The predicted octanol–water partition coefficient (Wildman–Crippen LogP) is 4.65. The summed E-state index contributed by atoms with van der Waals surface area (Å²) in [5.74, 6) is -0.0735. The summed E-state index contributed by atoms with van der Waals surface area (Å²) >= 11 is 12.8. The highest BCUT2D eigenvalue weighted by Crippen LogP contribution is 2.27. The molecule has 0 saturated carbocycles. The largest absolute Gasteiger partial charge is 0.289 e. The van der Waals surface area contributed by atoms with Gasteiger partial charge in [-0.1, -0.05) is 53.0 Å². The van der Waals surface area contributed by atoms with Crippen molar-refractivity contribution in [3.8, 4) is 0 Å². The van der Waals surface area contributed by atoms with E-state index in [1.165, 1.54) is 17.4 Å². The summed E-state index contributed by atoms with van der Waals surface area (Å²) in [5.41, 5.74) is 1.76. The van der Waals surface area contributed by atoms with E-state index in [9.17, 15) is 4.79 Å². The Morgan fingerprint density at radius 1 is 1.28 bits per heavy atom. The summed E-state index contributed by atoms with van der Waals surface area (Å²) in [6.45, 7) is 1.98. The Kier molecular flexibility index (Phi) is 4.17. The van der Waals surface area contributed by atoms with Gasteiger partial charge in [-0.15, -0.1) is 11.3 Å². The Morgan fingerprint density at radius 3 is 2.50 bits per heavy atom. The van der Waals surface area contributed by atoms with Gasteiger partial charge in [-0.2, -0.15) is 0 Å². The second-order valence-corrected chi connectivity index (χ2v) is 5.66. The first-order valence-corrected chi connectivity index (χ1v) is 6.74. The van der Waals surface area contributed by atoms with Crippen LogP contribution in [-0.2, 0) is 0 Å². The Morgan fingerprint density at radius 2 is 1.94 bits per heavy atom. The number of benzene rings is 1. The van der Waals surface area contributed by atoms with E-state index in [2.05, 4.69) is 4.98 Å². The number of carbonyl (C=O) groups excluding carboxylic acids is 1. The van der Waals surface area contributed by atoms with Crippen molar-refractivity contribution < 1.29 is 4.79 Å². The fraction of sp³-hybridized carbons (Fsp3) is 0.0769. The molecule has 0 aliphatic rings. The first-order valence-electron chi connectivity index (χ1n) is 5.17. The average molecular weight is 298 g/mol. The first kappa shape index (κ1) is 13.3. The molecule has 0 radical (unpaired) electrons. The van der Waals surface area contributed by atoms with E-state index in [1.807, 2.05) is 19.1 Å². The number of aryl methyl sites for hydroxylation is 1. The van der Waals surface area contributed by atoms with Crippen LogP contribution in [0.3, 0.4) is 0 Å². The van der Waals surface area contributed by atoms with Gasteiger partial charge < -0.3 is 0 Å². The molecular weight excluding hydrogens is 289 g/mol. The van der Waals surface area contributed by atoms with Gasteiger partial charge in [0.25, 0.3) is 0 Å². The van der Waals surface area contributed by atoms with Gasteiger partial charge in [-0.05, 0) is 19.1 Å². The number of aromatic nitrogens is 1. The number of rotatable bonds is 3. The molecule has 1 aromatic carbocycles. The molecule has 0 spiro atoms. The van der Waals surface area contributed by atoms with E-state index < -0.39 is 0 Å². The van der Waals surface area contributed by atoms with Crippen molar-refractivity contribution in [2.45, 2.75) is 6.92 Å². The molecular formula is C13H9Cl2NOS. The summed E-state index contributed by atoms with van der Waals surface area (Å²) in [4.78, 5) is 16.4. The predicted molar refractivity (Wildman–Crippen MR) is 76.7 cm³/mol.